The molecule has 1 heterocycles. The largest absolute Gasteiger partial charge is 0.352 e. The van der Waals surface area contributed by atoms with Crippen LogP contribution in [-0.4, -0.2) is 51.4 Å². The van der Waals surface area contributed by atoms with Crippen LogP contribution in [0.5, 0.6) is 0 Å². The summed E-state index contributed by atoms with van der Waals surface area (Å²) in [6.07, 6.45) is 0. The van der Waals surface area contributed by atoms with Crippen LogP contribution >= 0.6 is 0 Å². The summed E-state index contributed by atoms with van der Waals surface area (Å²) in [6.45, 7) is 8.99. The molecule has 7 heteroatoms. The van der Waals surface area contributed by atoms with Crippen LogP contribution in [0.15, 0.2) is 30.3 Å². The Kier molecular flexibility index (Phi) is 6.50. The summed E-state index contributed by atoms with van der Waals surface area (Å²) >= 11 is 0. The third kappa shape index (κ3) is 4.61. The molecule has 0 spiro atoms. The molecule has 0 radical (unpaired) electrons. The van der Waals surface area contributed by atoms with Gasteiger partial charge in [-0.15, -0.1) is 0 Å². The van der Waals surface area contributed by atoms with E-state index in [1.165, 1.54) is 4.90 Å². The fourth-order valence-electron chi connectivity index (χ4n) is 2.91. The standard InChI is InChI=1S/C20H26N4O3/c1-6-23(12-17(25)21-13(2)3)20(27)19(26)18-14(4)22-24(15(18)5)16-10-8-7-9-11-16/h7-11,13H,6,12H2,1-5H3,(H,21,25). The van der Waals surface area contributed by atoms with Crippen molar-refractivity contribution in [3.63, 3.8) is 0 Å². The highest BCUT2D eigenvalue weighted by atomic mass is 16.2. The number of carbonyl (C=O) groups is 3. The van der Waals surface area contributed by atoms with Gasteiger partial charge in [-0.05, 0) is 46.8 Å². The van der Waals surface area contributed by atoms with Gasteiger partial charge < -0.3 is 10.2 Å². The molecule has 0 aliphatic carbocycles. The summed E-state index contributed by atoms with van der Waals surface area (Å²) in [7, 11) is 0. The smallest absolute Gasteiger partial charge is 0.295 e. The number of carbonyl (C=O) groups excluding carboxylic acids is 3. The number of ketones is 1. The average Bonchev–Trinajstić information content (AvgIpc) is 2.93. The molecule has 2 rings (SSSR count). The van der Waals surface area contributed by atoms with Crippen LogP contribution in [0.1, 0.15) is 42.5 Å². The van der Waals surface area contributed by atoms with Crippen LogP contribution in [-0.2, 0) is 9.59 Å². The topological polar surface area (TPSA) is 84.3 Å². The molecule has 1 aromatic heterocycles. The van der Waals surface area contributed by atoms with Gasteiger partial charge in [0, 0.05) is 12.6 Å². The number of nitrogens with zero attached hydrogens (tertiary/aromatic N) is 3. The molecule has 0 fully saturated rings. The maximum absolute atomic E-state index is 12.9. The first-order valence-corrected chi connectivity index (χ1v) is 9.00. The Morgan fingerprint density at radius 1 is 1.15 bits per heavy atom. The fourth-order valence-corrected chi connectivity index (χ4v) is 2.91. The van der Waals surface area contributed by atoms with Gasteiger partial charge in [-0.1, -0.05) is 18.2 Å². The third-order valence-electron chi connectivity index (χ3n) is 4.17. The Hall–Kier alpha value is -2.96. The number of hydrogen-bond donors (Lipinski definition) is 1. The quantitative estimate of drug-likeness (QED) is 0.597. The molecule has 0 saturated carbocycles. The van der Waals surface area contributed by atoms with Crippen molar-refractivity contribution in [1.29, 1.82) is 0 Å². The molecular formula is C20H26N4O3. The van der Waals surface area contributed by atoms with Crippen molar-refractivity contribution < 1.29 is 14.4 Å². The Bertz CT molecular complexity index is 840. The number of benzene rings is 1. The molecule has 0 bridgehead atoms. The zero-order valence-electron chi connectivity index (χ0n) is 16.4. The highest BCUT2D eigenvalue weighted by Crippen LogP contribution is 2.19. The summed E-state index contributed by atoms with van der Waals surface area (Å²) in [5.41, 5.74) is 2.18. The van der Waals surface area contributed by atoms with Gasteiger partial charge in [-0.2, -0.15) is 5.10 Å². The SMILES string of the molecule is CCN(CC(=O)NC(C)C)C(=O)C(=O)c1c(C)nn(-c2ccccc2)c1C. The Balaban J connectivity index is 2.27. The lowest BCUT2D eigenvalue weighted by atomic mass is 10.1. The number of aromatic nitrogens is 2. The summed E-state index contributed by atoms with van der Waals surface area (Å²) in [4.78, 5) is 38.8. The summed E-state index contributed by atoms with van der Waals surface area (Å²) in [5.74, 6) is -1.64. The lowest BCUT2D eigenvalue weighted by Crippen LogP contribution is -2.45. The highest BCUT2D eigenvalue weighted by molar-refractivity contribution is 6.43. The molecule has 0 atom stereocenters. The van der Waals surface area contributed by atoms with Gasteiger partial charge in [0.05, 0.1) is 29.2 Å². The van der Waals surface area contributed by atoms with Gasteiger partial charge >= 0.3 is 0 Å². The maximum Gasteiger partial charge on any atom is 0.295 e. The first-order valence-electron chi connectivity index (χ1n) is 9.00. The number of para-hydroxylation sites is 1. The predicted octanol–water partition coefficient (Wildman–Crippen LogP) is 2.04. The monoisotopic (exact) mass is 370 g/mol. The minimum Gasteiger partial charge on any atom is -0.352 e. The van der Waals surface area contributed by atoms with E-state index in [1.807, 2.05) is 44.2 Å². The molecule has 27 heavy (non-hydrogen) atoms. The second-order valence-corrected chi connectivity index (χ2v) is 6.66. The van der Waals surface area contributed by atoms with Crippen LogP contribution in [0.25, 0.3) is 5.69 Å². The average molecular weight is 370 g/mol. The third-order valence-corrected chi connectivity index (χ3v) is 4.17. The Morgan fingerprint density at radius 2 is 1.78 bits per heavy atom. The van der Waals surface area contributed by atoms with Gasteiger partial charge in [-0.25, -0.2) is 4.68 Å². The minimum atomic E-state index is -0.699. The van der Waals surface area contributed by atoms with Crippen molar-refractivity contribution in [1.82, 2.24) is 20.0 Å². The molecular weight excluding hydrogens is 344 g/mol. The first-order chi connectivity index (χ1) is 12.8. The first kappa shape index (κ1) is 20.4. The van der Waals surface area contributed by atoms with E-state index in [2.05, 4.69) is 10.4 Å². The van der Waals surface area contributed by atoms with E-state index in [0.29, 0.717) is 11.4 Å². The number of rotatable bonds is 7. The van der Waals surface area contributed by atoms with Crippen molar-refractivity contribution >= 4 is 17.6 Å². The molecule has 1 aromatic carbocycles. The lowest BCUT2D eigenvalue weighted by Gasteiger charge is -2.20. The lowest BCUT2D eigenvalue weighted by molar-refractivity contribution is -0.132. The number of hydrogen-bond acceptors (Lipinski definition) is 4. The number of aryl methyl sites for hydroxylation is 1. The van der Waals surface area contributed by atoms with Gasteiger partial charge in [0.1, 0.15) is 0 Å². The molecule has 0 aliphatic rings. The normalized spacial score (nSPS) is 10.7. The van der Waals surface area contributed by atoms with Crippen LogP contribution in [0.2, 0.25) is 0 Å². The summed E-state index contributed by atoms with van der Waals surface area (Å²) in [6, 6.07) is 9.38. The van der Waals surface area contributed by atoms with Gasteiger partial charge in [0.25, 0.3) is 11.7 Å². The number of likely N-dealkylation sites (N-methyl/N-ethyl adjacent to an activating group) is 1. The zero-order valence-corrected chi connectivity index (χ0v) is 16.4. The van der Waals surface area contributed by atoms with Gasteiger partial charge in [0.2, 0.25) is 5.91 Å². The molecule has 7 nitrogen and oxygen atoms in total. The van der Waals surface area contributed by atoms with Gasteiger partial charge in [-0.3, -0.25) is 14.4 Å². The van der Waals surface area contributed by atoms with E-state index in [9.17, 15) is 14.4 Å². The van der Waals surface area contributed by atoms with Crippen molar-refractivity contribution in [3.8, 4) is 5.69 Å². The van der Waals surface area contributed by atoms with Crippen LogP contribution < -0.4 is 5.32 Å². The van der Waals surface area contributed by atoms with Crippen molar-refractivity contribution in [2.24, 2.45) is 0 Å². The second-order valence-electron chi connectivity index (χ2n) is 6.66. The highest BCUT2D eigenvalue weighted by Gasteiger charge is 2.29. The number of Topliss-reactive ketones (excluding diaryl/α,β-unsaturated/α-hetero) is 1. The van der Waals surface area contributed by atoms with Crippen LogP contribution in [0.4, 0.5) is 0 Å². The Labute approximate surface area is 159 Å². The van der Waals surface area contributed by atoms with E-state index in [4.69, 9.17) is 0 Å². The zero-order chi connectivity index (χ0) is 20.1. The number of nitrogens with one attached hydrogen (secondary N) is 1. The molecule has 1 N–H and O–H groups in total. The van der Waals surface area contributed by atoms with E-state index < -0.39 is 11.7 Å². The van der Waals surface area contributed by atoms with E-state index >= 15 is 0 Å². The molecule has 2 aromatic rings. The Morgan fingerprint density at radius 3 is 2.33 bits per heavy atom. The minimum absolute atomic E-state index is 0.0318. The maximum atomic E-state index is 12.9. The van der Waals surface area contributed by atoms with Crippen molar-refractivity contribution in [3.05, 3.63) is 47.3 Å². The molecule has 0 aliphatic heterocycles. The fraction of sp³-hybridized carbons (Fsp3) is 0.400. The van der Waals surface area contributed by atoms with Crippen molar-refractivity contribution in [2.45, 2.75) is 40.7 Å². The van der Waals surface area contributed by atoms with E-state index in [0.717, 1.165) is 5.69 Å². The predicted molar refractivity (Wildman–Crippen MR) is 103 cm³/mol. The van der Waals surface area contributed by atoms with Crippen molar-refractivity contribution in [2.75, 3.05) is 13.1 Å². The molecule has 144 valence electrons. The number of amides is 2. The van der Waals surface area contributed by atoms with E-state index in [1.54, 1.807) is 25.5 Å². The summed E-state index contributed by atoms with van der Waals surface area (Å²) in [5, 5.41) is 7.14. The van der Waals surface area contributed by atoms with E-state index in [-0.39, 0.29) is 30.6 Å². The summed E-state index contributed by atoms with van der Waals surface area (Å²) < 4.78 is 1.65. The second kappa shape index (κ2) is 8.62. The molecule has 0 saturated heterocycles. The van der Waals surface area contributed by atoms with Gasteiger partial charge in [0.15, 0.2) is 0 Å². The molecule has 2 amide bonds. The molecule has 0 unspecified atom stereocenters. The van der Waals surface area contributed by atoms with Crippen LogP contribution in [0, 0.1) is 13.8 Å². The van der Waals surface area contributed by atoms with Crippen LogP contribution in [0.3, 0.4) is 0 Å².